The first-order valence-electron chi connectivity index (χ1n) is 4.91. The van der Waals surface area contributed by atoms with Gasteiger partial charge in [-0.25, -0.2) is 0 Å². The van der Waals surface area contributed by atoms with Crippen LogP contribution in [0.4, 0.5) is 0 Å². The van der Waals surface area contributed by atoms with E-state index in [1.807, 2.05) is 30.4 Å². The normalized spacial score (nSPS) is 13.1. The van der Waals surface area contributed by atoms with Gasteiger partial charge in [0.2, 0.25) is 0 Å². The number of thioether (sulfide) groups is 1. The van der Waals surface area contributed by atoms with Crippen LogP contribution in [-0.2, 0) is 12.8 Å². The molecule has 0 saturated carbocycles. The van der Waals surface area contributed by atoms with Gasteiger partial charge in [-0.2, -0.15) is 16.9 Å². The van der Waals surface area contributed by atoms with Gasteiger partial charge in [0.1, 0.15) is 0 Å². The minimum Gasteiger partial charge on any atom is -0.270 e. The molecule has 0 aliphatic carbocycles. The highest BCUT2D eigenvalue weighted by Crippen LogP contribution is 2.27. The second kappa shape index (κ2) is 6.16. The fourth-order valence-corrected chi connectivity index (χ4v) is 3.47. The molecule has 1 heterocycles. The van der Waals surface area contributed by atoms with E-state index in [1.54, 1.807) is 0 Å². The maximum absolute atomic E-state index is 5.70. The molecule has 5 heteroatoms. The van der Waals surface area contributed by atoms with Gasteiger partial charge in [-0.05, 0) is 29.3 Å². The Balaban J connectivity index is 2.57. The van der Waals surface area contributed by atoms with Gasteiger partial charge in [-0.3, -0.25) is 4.68 Å². The molecule has 1 aromatic rings. The summed E-state index contributed by atoms with van der Waals surface area (Å²) in [7, 11) is 1.99. The summed E-state index contributed by atoms with van der Waals surface area (Å²) >= 11 is 11.2. The summed E-state index contributed by atoms with van der Waals surface area (Å²) in [6.45, 7) is 4.23. The van der Waals surface area contributed by atoms with Crippen LogP contribution in [0.2, 0.25) is 0 Å². The van der Waals surface area contributed by atoms with E-state index in [9.17, 15) is 0 Å². The van der Waals surface area contributed by atoms with Crippen LogP contribution in [0.25, 0.3) is 0 Å². The average Bonchev–Trinajstić information content (AvgIpc) is 2.40. The molecule has 2 nitrogen and oxygen atoms in total. The lowest BCUT2D eigenvalue weighted by atomic mass is 10.4. The van der Waals surface area contributed by atoms with Gasteiger partial charge in [0, 0.05) is 23.9 Å². The molecule has 1 atom stereocenters. The second-order valence-corrected chi connectivity index (χ2v) is 6.17. The van der Waals surface area contributed by atoms with Crippen LogP contribution in [0.5, 0.6) is 0 Å². The van der Waals surface area contributed by atoms with Gasteiger partial charge >= 0.3 is 0 Å². The van der Waals surface area contributed by atoms with E-state index in [4.69, 9.17) is 11.6 Å². The van der Waals surface area contributed by atoms with Crippen molar-refractivity contribution >= 4 is 39.3 Å². The molecule has 0 spiro atoms. The Morgan fingerprint density at radius 1 is 1.60 bits per heavy atom. The SMILES string of the molecule is Cc1nn(C)c(CSC(C)CCCl)c1Br. The van der Waals surface area contributed by atoms with Crippen molar-refractivity contribution in [3.8, 4) is 0 Å². The first-order valence-corrected chi connectivity index (χ1v) is 7.29. The van der Waals surface area contributed by atoms with Crippen LogP contribution in [0.3, 0.4) is 0 Å². The summed E-state index contributed by atoms with van der Waals surface area (Å²) in [5.41, 5.74) is 2.30. The summed E-state index contributed by atoms with van der Waals surface area (Å²) in [5, 5.41) is 4.97. The van der Waals surface area contributed by atoms with Crippen LogP contribution < -0.4 is 0 Å². The van der Waals surface area contributed by atoms with Crippen LogP contribution in [0, 0.1) is 6.92 Å². The van der Waals surface area contributed by atoms with Gasteiger partial charge in [0.25, 0.3) is 0 Å². The van der Waals surface area contributed by atoms with E-state index in [0.717, 1.165) is 28.2 Å². The van der Waals surface area contributed by atoms with Crippen molar-refractivity contribution in [2.75, 3.05) is 5.88 Å². The number of aryl methyl sites for hydroxylation is 2. The molecule has 0 amide bonds. The van der Waals surface area contributed by atoms with Crippen LogP contribution in [0.1, 0.15) is 24.7 Å². The fourth-order valence-electron chi connectivity index (χ4n) is 1.30. The highest BCUT2D eigenvalue weighted by molar-refractivity contribution is 9.10. The summed E-state index contributed by atoms with van der Waals surface area (Å²) < 4.78 is 3.08. The third-order valence-corrected chi connectivity index (χ3v) is 4.78. The summed E-state index contributed by atoms with van der Waals surface area (Å²) in [6, 6.07) is 0. The predicted molar refractivity (Wildman–Crippen MR) is 71.7 cm³/mol. The van der Waals surface area contributed by atoms with Gasteiger partial charge in [0.05, 0.1) is 15.9 Å². The number of hydrogen-bond acceptors (Lipinski definition) is 2. The molecule has 0 aromatic carbocycles. The van der Waals surface area contributed by atoms with Crippen molar-refractivity contribution in [3.63, 3.8) is 0 Å². The van der Waals surface area contributed by atoms with Crippen LogP contribution >= 0.6 is 39.3 Å². The number of alkyl halides is 1. The van der Waals surface area contributed by atoms with Crippen molar-refractivity contribution in [3.05, 3.63) is 15.9 Å². The molecule has 0 saturated heterocycles. The van der Waals surface area contributed by atoms with Crippen molar-refractivity contribution in [1.29, 1.82) is 0 Å². The minimum absolute atomic E-state index is 0.601. The Morgan fingerprint density at radius 3 is 2.73 bits per heavy atom. The number of nitrogens with zero attached hydrogens (tertiary/aromatic N) is 2. The van der Waals surface area contributed by atoms with Crippen molar-refractivity contribution in [1.82, 2.24) is 9.78 Å². The largest absolute Gasteiger partial charge is 0.270 e. The van der Waals surface area contributed by atoms with Crippen molar-refractivity contribution in [2.45, 2.75) is 31.3 Å². The number of aromatic nitrogens is 2. The Kier molecular flexibility index (Phi) is 5.50. The van der Waals surface area contributed by atoms with Crippen LogP contribution in [0.15, 0.2) is 4.47 Å². The quantitative estimate of drug-likeness (QED) is 0.771. The van der Waals surface area contributed by atoms with E-state index in [1.165, 1.54) is 5.69 Å². The minimum atomic E-state index is 0.601. The van der Waals surface area contributed by atoms with E-state index in [-0.39, 0.29) is 0 Å². The van der Waals surface area contributed by atoms with Crippen molar-refractivity contribution in [2.24, 2.45) is 7.05 Å². The molecule has 1 rings (SSSR count). The smallest absolute Gasteiger partial charge is 0.0738 e. The Labute approximate surface area is 109 Å². The molecule has 0 bridgehead atoms. The van der Waals surface area contributed by atoms with E-state index in [2.05, 4.69) is 28.0 Å². The molecular weight excluding hydrogens is 296 g/mol. The monoisotopic (exact) mass is 310 g/mol. The van der Waals surface area contributed by atoms with Crippen molar-refractivity contribution < 1.29 is 0 Å². The highest BCUT2D eigenvalue weighted by Gasteiger charge is 2.11. The molecule has 1 unspecified atom stereocenters. The maximum atomic E-state index is 5.70. The lowest BCUT2D eigenvalue weighted by Gasteiger charge is -2.09. The highest BCUT2D eigenvalue weighted by atomic mass is 79.9. The molecule has 0 N–H and O–H groups in total. The Morgan fingerprint density at radius 2 is 2.27 bits per heavy atom. The molecule has 15 heavy (non-hydrogen) atoms. The van der Waals surface area contributed by atoms with Gasteiger partial charge < -0.3 is 0 Å². The van der Waals surface area contributed by atoms with E-state index < -0.39 is 0 Å². The predicted octanol–water partition coefficient (Wildman–Crippen LogP) is 3.74. The molecule has 0 aliphatic rings. The molecule has 0 aliphatic heterocycles. The zero-order valence-electron chi connectivity index (χ0n) is 9.26. The topological polar surface area (TPSA) is 17.8 Å². The van der Waals surface area contributed by atoms with Gasteiger partial charge in [-0.1, -0.05) is 6.92 Å². The lowest BCUT2D eigenvalue weighted by Crippen LogP contribution is -2.01. The summed E-state index contributed by atoms with van der Waals surface area (Å²) in [4.78, 5) is 0. The molecule has 0 fully saturated rings. The second-order valence-electron chi connectivity index (χ2n) is 3.57. The van der Waals surface area contributed by atoms with Gasteiger partial charge in [-0.15, -0.1) is 11.6 Å². The standard InChI is InChI=1S/C10H16BrClN2S/c1-7(4-5-12)15-6-9-10(11)8(2)13-14(9)3/h7H,4-6H2,1-3H3. The average molecular weight is 312 g/mol. The number of halogens is 2. The summed E-state index contributed by atoms with van der Waals surface area (Å²) in [6.07, 6.45) is 1.06. The Hall–Kier alpha value is 0.330. The molecular formula is C10H16BrClN2S. The first-order chi connectivity index (χ1) is 7.06. The fraction of sp³-hybridized carbons (Fsp3) is 0.700. The van der Waals surface area contributed by atoms with Gasteiger partial charge in [0.15, 0.2) is 0 Å². The van der Waals surface area contributed by atoms with Crippen LogP contribution in [-0.4, -0.2) is 20.9 Å². The third kappa shape index (κ3) is 3.68. The van der Waals surface area contributed by atoms with E-state index in [0.29, 0.717) is 5.25 Å². The molecule has 1 aromatic heterocycles. The lowest BCUT2D eigenvalue weighted by molar-refractivity contribution is 0.726. The zero-order valence-corrected chi connectivity index (χ0v) is 12.4. The first kappa shape index (κ1) is 13.4. The molecule has 86 valence electrons. The maximum Gasteiger partial charge on any atom is 0.0738 e. The van der Waals surface area contributed by atoms with E-state index >= 15 is 0 Å². The molecule has 0 radical (unpaired) electrons. The zero-order chi connectivity index (χ0) is 11.4. The number of hydrogen-bond donors (Lipinski definition) is 0. The number of rotatable bonds is 5. The summed E-state index contributed by atoms with van der Waals surface area (Å²) in [5.74, 6) is 1.72. The third-order valence-electron chi connectivity index (χ3n) is 2.28. The Bertz CT molecular complexity index is 327.